The predicted molar refractivity (Wildman–Crippen MR) is 130 cm³/mol. The average Bonchev–Trinajstić information content (AvgIpc) is 3.38. The summed E-state index contributed by atoms with van der Waals surface area (Å²) in [7, 11) is 0. The lowest BCUT2D eigenvalue weighted by Gasteiger charge is -2.31. The zero-order chi connectivity index (χ0) is 23.4. The largest absolute Gasteiger partial charge is 0.347 e. The Bertz CT molecular complexity index is 1270. The van der Waals surface area contributed by atoms with Crippen molar-refractivity contribution in [3.05, 3.63) is 82.4 Å². The number of carbonyl (C=O) groups excluding carboxylic acids is 2. The quantitative estimate of drug-likeness (QED) is 0.435. The second-order valence-electron chi connectivity index (χ2n) is 9.26. The fraction of sp³-hybridized carbons (Fsp3) is 0.308. The summed E-state index contributed by atoms with van der Waals surface area (Å²) in [6.07, 6.45) is 5.86. The van der Waals surface area contributed by atoms with Crippen LogP contribution in [0.4, 0.5) is 11.9 Å². The van der Waals surface area contributed by atoms with Gasteiger partial charge in [-0.3, -0.25) is 9.59 Å². The van der Waals surface area contributed by atoms with Crippen LogP contribution < -0.4 is 10.2 Å². The topological polar surface area (TPSA) is 80.1 Å². The van der Waals surface area contributed by atoms with Crippen molar-refractivity contribution in [3.8, 4) is 0 Å². The van der Waals surface area contributed by atoms with Gasteiger partial charge in [0.25, 0.3) is 5.95 Å². The van der Waals surface area contributed by atoms with E-state index in [9.17, 15) is 9.59 Å². The van der Waals surface area contributed by atoms with Crippen molar-refractivity contribution >= 4 is 35.3 Å². The number of nitrogens with one attached hydrogen (secondary N) is 1. The molecule has 1 aliphatic carbocycles. The van der Waals surface area contributed by atoms with Gasteiger partial charge in [-0.05, 0) is 49.4 Å². The van der Waals surface area contributed by atoms with Gasteiger partial charge >= 0.3 is 0 Å². The Morgan fingerprint density at radius 1 is 0.912 bits per heavy atom. The molecule has 1 aromatic heterocycles. The molecule has 6 rings (SSSR count). The summed E-state index contributed by atoms with van der Waals surface area (Å²) in [5, 5.41) is 8.85. The molecule has 2 amide bonds. The van der Waals surface area contributed by atoms with Crippen LogP contribution in [0.1, 0.15) is 48.0 Å². The normalized spacial score (nSPS) is 25.8. The zero-order valence-corrected chi connectivity index (χ0v) is 19.4. The fourth-order valence-corrected chi connectivity index (χ4v) is 5.36. The Hall–Kier alpha value is -3.45. The van der Waals surface area contributed by atoms with Crippen LogP contribution in [0.3, 0.4) is 0 Å². The van der Waals surface area contributed by atoms with Gasteiger partial charge in [-0.25, -0.2) is 9.58 Å². The average molecular weight is 474 g/mol. The maximum absolute atomic E-state index is 13.1. The molecule has 2 aliphatic heterocycles. The summed E-state index contributed by atoms with van der Waals surface area (Å²) >= 11 is 6.11. The van der Waals surface area contributed by atoms with Crippen LogP contribution >= 0.6 is 11.6 Å². The lowest BCUT2D eigenvalue weighted by molar-refractivity contribution is -0.122. The van der Waals surface area contributed by atoms with E-state index in [4.69, 9.17) is 16.7 Å². The van der Waals surface area contributed by atoms with Gasteiger partial charge < -0.3 is 5.32 Å². The number of amides is 2. The third-order valence-corrected chi connectivity index (χ3v) is 7.37. The molecule has 3 aromatic rings. The van der Waals surface area contributed by atoms with Crippen LogP contribution in [0.2, 0.25) is 5.02 Å². The number of nitrogens with zero attached hydrogens (tertiary/aromatic N) is 4. The minimum absolute atomic E-state index is 0.0233. The molecule has 2 aromatic carbocycles. The van der Waals surface area contributed by atoms with E-state index in [-0.39, 0.29) is 41.7 Å². The second-order valence-corrected chi connectivity index (χ2v) is 9.69. The van der Waals surface area contributed by atoms with Crippen LogP contribution in [-0.4, -0.2) is 26.6 Å². The third-order valence-electron chi connectivity index (χ3n) is 7.12. The highest BCUT2D eigenvalue weighted by molar-refractivity contribution is 6.30. The van der Waals surface area contributed by atoms with Gasteiger partial charge in [0.1, 0.15) is 0 Å². The molecule has 34 heavy (non-hydrogen) atoms. The van der Waals surface area contributed by atoms with Crippen LogP contribution in [0.25, 0.3) is 0 Å². The molecular formula is C26H24ClN5O2. The van der Waals surface area contributed by atoms with Gasteiger partial charge in [-0.15, -0.1) is 5.10 Å². The van der Waals surface area contributed by atoms with E-state index in [2.05, 4.69) is 41.5 Å². The highest BCUT2D eigenvalue weighted by Gasteiger charge is 2.49. The molecule has 0 bridgehead atoms. The monoisotopic (exact) mass is 473 g/mol. The zero-order valence-electron chi connectivity index (χ0n) is 18.7. The molecule has 0 unspecified atom stereocenters. The molecule has 0 spiro atoms. The molecule has 8 heteroatoms. The highest BCUT2D eigenvalue weighted by Crippen LogP contribution is 2.41. The number of hydrogen-bond acceptors (Lipinski definition) is 5. The Balaban J connectivity index is 1.40. The molecule has 4 atom stereocenters. The Morgan fingerprint density at radius 3 is 2.18 bits per heavy atom. The number of fused-ring (bicyclic) bond motifs is 2. The fourth-order valence-electron chi connectivity index (χ4n) is 5.24. The highest BCUT2D eigenvalue weighted by atomic mass is 35.5. The van der Waals surface area contributed by atoms with Crippen molar-refractivity contribution in [1.82, 2.24) is 14.8 Å². The molecule has 0 saturated carbocycles. The molecular weight excluding hydrogens is 450 g/mol. The van der Waals surface area contributed by atoms with Crippen LogP contribution in [0.5, 0.6) is 0 Å². The molecule has 1 saturated heterocycles. The van der Waals surface area contributed by atoms with Gasteiger partial charge in [0, 0.05) is 5.02 Å². The minimum atomic E-state index is -0.319. The van der Waals surface area contributed by atoms with Crippen molar-refractivity contribution in [1.29, 1.82) is 0 Å². The molecule has 7 nitrogen and oxygen atoms in total. The van der Waals surface area contributed by atoms with Crippen LogP contribution in [0.15, 0.2) is 60.7 Å². The van der Waals surface area contributed by atoms with Crippen molar-refractivity contribution in [2.45, 2.75) is 38.3 Å². The lowest BCUT2D eigenvalue weighted by atomic mass is 9.85. The molecule has 3 heterocycles. The summed E-state index contributed by atoms with van der Waals surface area (Å²) in [5.41, 5.74) is 3.36. The summed E-state index contributed by atoms with van der Waals surface area (Å²) in [6, 6.07) is 16.0. The van der Waals surface area contributed by atoms with Gasteiger partial charge in [-0.1, -0.05) is 65.7 Å². The van der Waals surface area contributed by atoms with Crippen molar-refractivity contribution in [2.75, 3.05) is 10.2 Å². The summed E-state index contributed by atoms with van der Waals surface area (Å²) < 4.78 is 1.81. The van der Waals surface area contributed by atoms with Crippen LogP contribution in [0, 0.1) is 18.8 Å². The van der Waals surface area contributed by atoms with E-state index < -0.39 is 0 Å². The first-order valence-electron chi connectivity index (χ1n) is 11.6. The smallest absolute Gasteiger partial charge is 0.260 e. The number of imide groups is 1. The predicted octanol–water partition coefficient (Wildman–Crippen LogP) is 4.84. The number of halogens is 1. The number of benzene rings is 2. The van der Waals surface area contributed by atoms with Crippen molar-refractivity contribution in [3.63, 3.8) is 0 Å². The van der Waals surface area contributed by atoms with Gasteiger partial charge in [0.15, 0.2) is 0 Å². The van der Waals surface area contributed by atoms with Crippen LogP contribution in [-0.2, 0) is 9.59 Å². The van der Waals surface area contributed by atoms with E-state index in [1.165, 1.54) is 10.5 Å². The number of anilines is 2. The number of carbonyl (C=O) groups is 2. The Morgan fingerprint density at radius 2 is 1.53 bits per heavy atom. The van der Waals surface area contributed by atoms with E-state index >= 15 is 0 Å². The number of aromatic nitrogens is 3. The first-order valence-corrected chi connectivity index (χ1v) is 12.0. The Kier molecular flexibility index (Phi) is 5.03. The van der Waals surface area contributed by atoms with Gasteiger partial charge in [-0.2, -0.15) is 4.98 Å². The molecule has 1 fully saturated rings. The second kappa shape index (κ2) is 8.09. The van der Waals surface area contributed by atoms with Gasteiger partial charge in [0.05, 0.1) is 23.9 Å². The number of hydrogen-bond donors (Lipinski definition) is 1. The van der Waals surface area contributed by atoms with Gasteiger partial charge in [0.2, 0.25) is 17.8 Å². The first kappa shape index (κ1) is 21.1. The van der Waals surface area contributed by atoms with E-state index in [0.717, 1.165) is 17.5 Å². The maximum atomic E-state index is 13.1. The molecule has 3 aliphatic rings. The number of rotatable bonds is 3. The maximum Gasteiger partial charge on any atom is 0.260 e. The summed E-state index contributed by atoms with van der Waals surface area (Å²) in [6.45, 7) is 2.06. The number of allylic oxidation sites excluding steroid dienone is 2. The Labute approximate surface area is 202 Å². The standard InChI is InChI=1S/C26H24ClN5O2/c1-15-6-8-17(9-7-15)22-14-21(16-10-12-18(27)13-11-16)28-25-29-26(30-32(22)25)31-23(33)19-4-2-3-5-20(19)24(31)34/h2-3,6-13,19-22H,4-5,14H2,1H3,(H,28,29,30)/t19-,20+,21-,22-/m0/s1. The third kappa shape index (κ3) is 3.42. The van der Waals surface area contributed by atoms with E-state index in [1.54, 1.807) is 0 Å². The first-order chi connectivity index (χ1) is 16.5. The minimum Gasteiger partial charge on any atom is -0.347 e. The van der Waals surface area contributed by atoms with Crippen molar-refractivity contribution < 1.29 is 9.59 Å². The molecule has 172 valence electrons. The summed E-state index contributed by atoms with van der Waals surface area (Å²) in [4.78, 5) is 32.1. The molecule has 1 N–H and O–H groups in total. The van der Waals surface area contributed by atoms with Crippen molar-refractivity contribution in [2.24, 2.45) is 11.8 Å². The summed E-state index contributed by atoms with van der Waals surface area (Å²) in [5.74, 6) is -0.352. The molecule has 0 radical (unpaired) electrons. The van der Waals surface area contributed by atoms with E-state index in [0.29, 0.717) is 23.8 Å². The number of aryl methyl sites for hydroxylation is 1. The van der Waals surface area contributed by atoms with E-state index in [1.807, 2.05) is 41.1 Å². The SMILES string of the molecule is Cc1ccc([C@@H]2C[C@@H](c3ccc(Cl)cc3)Nc3nc(N4C(=O)[C@H]5CC=CC[C@H]5C4=O)nn32)cc1. The lowest BCUT2D eigenvalue weighted by Crippen LogP contribution is -2.32.